The molecule has 1 unspecified atom stereocenters. The molecule has 0 saturated carbocycles. The van der Waals surface area contributed by atoms with Gasteiger partial charge in [0, 0.05) is 27.1 Å². The Morgan fingerprint density at radius 2 is 2.00 bits per heavy atom. The predicted octanol–water partition coefficient (Wildman–Crippen LogP) is 4.82. The summed E-state index contributed by atoms with van der Waals surface area (Å²) in [6, 6.07) is 10.3. The Morgan fingerprint density at radius 1 is 1.29 bits per heavy atom. The number of hydrazine groups is 1. The van der Waals surface area contributed by atoms with Crippen LogP contribution in [0.1, 0.15) is 18.1 Å². The number of hydrogen-bond donors (Lipinski definition) is 2. The zero-order valence-electron chi connectivity index (χ0n) is 14.4. The number of nitrogens with one attached hydrogen (secondary N) is 2. The summed E-state index contributed by atoms with van der Waals surface area (Å²) in [5.41, 5.74) is 6.84. The van der Waals surface area contributed by atoms with Crippen molar-refractivity contribution in [1.82, 2.24) is 5.43 Å². The van der Waals surface area contributed by atoms with Gasteiger partial charge in [-0.1, -0.05) is 45.7 Å². The van der Waals surface area contributed by atoms with Gasteiger partial charge in [-0.2, -0.15) is 0 Å². The highest BCUT2D eigenvalue weighted by Gasteiger charge is 2.32. The molecule has 2 aromatic carbocycles. The Bertz CT molecular complexity index is 918. The lowest BCUT2D eigenvalue weighted by atomic mass is 10.0. The van der Waals surface area contributed by atoms with E-state index < -0.39 is 18.0 Å². The molecule has 2 N–H and O–H groups in total. The fourth-order valence-corrected chi connectivity index (χ4v) is 3.38. The number of anilines is 1. The van der Waals surface area contributed by atoms with E-state index in [9.17, 15) is 9.59 Å². The van der Waals surface area contributed by atoms with Crippen LogP contribution in [0.25, 0.3) is 0 Å². The molecule has 1 aliphatic heterocycles. The first-order valence-electron chi connectivity index (χ1n) is 8.14. The Morgan fingerprint density at radius 3 is 2.64 bits per heavy atom. The van der Waals surface area contributed by atoms with Crippen LogP contribution in [0.2, 0.25) is 10.0 Å². The molecule has 28 heavy (non-hydrogen) atoms. The molecule has 1 heterocycles. The van der Waals surface area contributed by atoms with Gasteiger partial charge in [-0.25, -0.2) is 4.79 Å². The molecule has 1 amide bonds. The average molecular weight is 486 g/mol. The summed E-state index contributed by atoms with van der Waals surface area (Å²) in [5.74, 6) is -0.673. The monoisotopic (exact) mass is 484 g/mol. The number of cyclic esters (lactones) is 1. The van der Waals surface area contributed by atoms with E-state index in [0.29, 0.717) is 28.3 Å². The Kier molecular flexibility index (Phi) is 6.49. The van der Waals surface area contributed by atoms with Crippen molar-refractivity contribution in [2.75, 3.05) is 12.0 Å². The molecular formula is C19H15BrCl2N2O4. The van der Waals surface area contributed by atoms with Crippen molar-refractivity contribution in [3.8, 4) is 5.75 Å². The molecule has 1 fully saturated rings. The van der Waals surface area contributed by atoms with Gasteiger partial charge in [-0.15, -0.1) is 0 Å². The number of esters is 1. The largest absolute Gasteiger partial charge is 0.482 e. The quantitative estimate of drug-likeness (QED) is 0.348. The average Bonchev–Trinajstić information content (AvgIpc) is 2.98. The fourth-order valence-electron chi connectivity index (χ4n) is 2.56. The number of amides is 1. The number of rotatable bonds is 6. The van der Waals surface area contributed by atoms with Gasteiger partial charge >= 0.3 is 5.97 Å². The summed E-state index contributed by atoms with van der Waals surface area (Å²) in [6.07, 6.45) is -0.321. The maximum atomic E-state index is 12.1. The van der Waals surface area contributed by atoms with Crippen molar-refractivity contribution in [3.05, 3.63) is 68.6 Å². The normalized spacial score (nSPS) is 15.9. The highest BCUT2D eigenvalue weighted by Crippen LogP contribution is 2.42. The van der Waals surface area contributed by atoms with Gasteiger partial charge in [-0.05, 0) is 36.4 Å². The van der Waals surface area contributed by atoms with Crippen molar-refractivity contribution in [2.45, 2.75) is 12.5 Å². The topological polar surface area (TPSA) is 76.7 Å². The number of carbonyl (C=O) groups is 2. The van der Waals surface area contributed by atoms with Crippen molar-refractivity contribution in [3.63, 3.8) is 0 Å². The van der Waals surface area contributed by atoms with Crippen molar-refractivity contribution in [2.24, 2.45) is 0 Å². The van der Waals surface area contributed by atoms with Gasteiger partial charge in [0.15, 0.2) is 6.61 Å². The second-order valence-corrected chi connectivity index (χ2v) is 7.74. The molecule has 9 heteroatoms. The third kappa shape index (κ3) is 4.98. The SMILES string of the molecule is C=C1CC(c2cc(Cl)cc(Cl)c2OCC(=O)NNc2ccc(Br)cc2)OC1=O. The molecule has 0 bridgehead atoms. The third-order valence-corrected chi connectivity index (χ3v) is 4.92. The zero-order chi connectivity index (χ0) is 20.3. The molecule has 146 valence electrons. The summed E-state index contributed by atoms with van der Waals surface area (Å²) in [4.78, 5) is 23.7. The van der Waals surface area contributed by atoms with Gasteiger partial charge in [0.2, 0.25) is 0 Å². The van der Waals surface area contributed by atoms with Gasteiger partial charge < -0.3 is 9.47 Å². The van der Waals surface area contributed by atoms with Crippen LogP contribution in [0.5, 0.6) is 5.75 Å². The minimum Gasteiger partial charge on any atom is -0.482 e. The summed E-state index contributed by atoms with van der Waals surface area (Å²) >= 11 is 15.6. The molecule has 1 aliphatic rings. The first kappa shape index (κ1) is 20.5. The second-order valence-electron chi connectivity index (χ2n) is 5.98. The van der Waals surface area contributed by atoms with E-state index in [4.69, 9.17) is 32.7 Å². The molecule has 1 atom stereocenters. The van der Waals surface area contributed by atoms with Crippen LogP contribution in [0, 0.1) is 0 Å². The molecule has 0 radical (unpaired) electrons. The van der Waals surface area contributed by atoms with Crippen LogP contribution in [0.15, 0.2) is 53.0 Å². The van der Waals surface area contributed by atoms with Crippen LogP contribution >= 0.6 is 39.1 Å². The minimum absolute atomic E-state index is 0.213. The summed E-state index contributed by atoms with van der Waals surface area (Å²) in [6.45, 7) is 3.36. The molecular weight excluding hydrogens is 471 g/mol. The number of hydrogen-bond acceptors (Lipinski definition) is 5. The number of benzene rings is 2. The summed E-state index contributed by atoms with van der Waals surface area (Å²) < 4.78 is 11.8. The van der Waals surface area contributed by atoms with Crippen LogP contribution in [-0.4, -0.2) is 18.5 Å². The molecule has 1 saturated heterocycles. The van der Waals surface area contributed by atoms with Gasteiger partial charge in [0.05, 0.1) is 10.7 Å². The minimum atomic E-state index is -0.616. The molecule has 2 aromatic rings. The number of halogens is 3. The highest BCUT2D eigenvalue weighted by molar-refractivity contribution is 9.10. The molecule has 0 spiro atoms. The maximum absolute atomic E-state index is 12.1. The Balaban J connectivity index is 1.66. The lowest BCUT2D eigenvalue weighted by molar-refractivity contribution is -0.139. The van der Waals surface area contributed by atoms with Gasteiger partial charge in [0.25, 0.3) is 5.91 Å². The van der Waals surface area contributed by atoms with Crippen LogP contribution < -0.4 is 15.6 Å². The van der Waals surface area contributed by atoms with Crippen molar-refractivity contribution < 1.29 is 19.1 Å². The van der Waals surface area contributed by atoms with E-state index in [2.05, 4.69) is 33.4 Å². The van der Waals surface area contributed by atoms with Crippen LogP contribution in [0.3, 0.4) is 0 Å². The van der Waals surface area contributed by atoms with Gasteiger partial charge in [-0.3, -0.25) is 15.6 Å². The van der Waals surface area contributed by atoms with E-state index >= 15 is 0 Å². The van der Waals surface area contributed by atoms with E-state index in [1.165, 1.54) is 6.07 Å². The molecule has 0 aromatic heterocycles. The predicted molar refractivity (Wildman–Crippen MR) is 110 cm³/mol. The smallest absolute Gasteiger partial charge is 0.334 e. The Hall–Kier alpha value is -2.22. The van der Waals surface area contributed by atoms with Crippen molar-refractivity contribution >= 4 is 56.7 Å². The van der Waals surface area contributed by atoms with E-state index in [0.717, 1.165) is 4.47 Å². The first-order valence-corrected chi connectivity index (χ1v) is 9.69. The maximum Gasteiger partial charge on any atom is 0.334 e. The Labute approximate surface area is 179 Å². The van der Waals surface area contributed by atoms with E-state index in [1.807, 2.05) is 12.1 Å². The lowest BCUT2D eigenvalue weighted by Gasteiger charge is -2.17. The second kappa shape index (κ2) is 8.86. The van der Waals surface area contributed by atoms with Crippen LogP contribution in [0.4, 0.5) is 5.69 Å². The highest BCUT2D eigenvalue weighted by atomic mass is 79.9. The lowest BCUT2D eigenvalue weighted by Crippen LogP contribution is -2.33. The standard InChI is InChI=1S/C19H15BrCl2N2O4/c1-10-6-16(28-19(10)26)14-7-12(21)8-15(22)18(14)27-9-17(25)24-23-13-4-2-11(20)3-5-13/h2-5,7-8,16,23H,1,6,9H2,(H,24,25). The van der Waals surface area contributed by atoms with Gasteiger partial charge in [0.1, 0.15) is 11.9 Å². The molecule has 3 rings (SSSR count). The zero-order valence-corrected chi connectivity index (χ0v) is 17.5. The van der Waals surface area contributed by atoms with E-state index in [1.54, 1.807) is 18.2 Å². The molecule has 0 aliphatic carbocycles. The number of carbonyl (C=O) groups excluding carboxylic acids is 2. The van der Waals surface area contributed by atoms with Crippen LogP contribution in [-0.2, 0) is 14.3 Å². The number of ether oxygens (including phenoxy) is 2. The molecule has 6 nitrogen and oxygen atoms in total. The summed E-state index contributed by atoms with van der Waals surface area (Å²) in [7, 11) is 0. The summed E-state index contributed by atoms with van der Waals surface area (Å²) in [5, 5.41) is 0.576. The first-order chi connectivity index (χ1) is 13.3. The van der Waals surface area contributed by atoms with E-state index in [-0.39, 0.29) is 17.4 Å². The fraction of sp³-hybridized carbons (Fsp3) is 0.158. The van der Waals surface area contributed by atoms with Crippen molar-refractivity contribution in [1.29, 1.82) is 0 Å². The third-order valence-electron chi connectivity index (χ3n) is 3.89.